The van der Waals surface area contributed by atoms with E-state index in [1.807, 2.05) is 32.0 Å². The Morgan fingerprint density at radius 3 is 2.64 bits per heavy atom. The predicted octanol–water partition coefficient (Wildman–Crippen LogP) is 2.62. The number of imide groups is 1. The molecule has 4 rings (SSSR count). The molecule has 0 spiro atoms. The summed E-state index contributed by atoms with van der Waals surface area (Å²) in [5.74, 6) is -0.476. The third kappa shape index (κ3) is 4.48. The van der Waals surface area contributed by atoms with Gasteiger partial charge in [0.15, 0.2) is 0 Å². The number of aryl methyl sites for hydroxylation is 3. The van der Waals surface area contributed by atoms with Crippen LogP contribution in [0.25, 0.3) is 10.9 Å². The summed E-state index contributed by atoms with van der Waals surface area (Å²) < 4.78 is 1.34. The molecule has 1 unspecified atom stereocenters. The fourth-order valence-electron chi connectivity index (χ4n) is 4.04. The Morgan fingerprint density at radius 1 is 1.12 bits per heavy atom. The van der Waals surface area contributed by atoms with Gasteiger partial charge in [-0.1, -0.05) is 18.2 Å². The molecule has 1 saturated heterocycles. The van der Waals surface area contributed by atoms with Crippen molar-refractivity contribution in [3.8, 4) is 0 Å². The number of rotatable bonds is 4. The highest BCUT2D eigenvalue weighted by Gasteiger charge is 2.30. The minimum Gasteiger partial charge on any atom is -0.334 e. The number of hydrogen-bond donors (Lipinski definition) is 3. The van der Waals surface area contributed by atoms with Crippen LogP contribution in [-0.4, -0.2) is 27.4 Å². The normalized spacial score (nSPS) is 15.9. The fourth-order valence-corrected chi connectivity index (χ4v) is 4.04. The van der Waals surface area contributed by atoms with Gasteiger partial charge in [-0.05, 0) is 62.1 Å². The molecular weight excluding hydrogens is 422 g/mol. The van der Waals surface area contributed by atoms with Gasteiger partial charge in [0.25, 0.3) is 5.56 Å². The van der Waals surface area contributed by atoms with Crippen LogP contribution in [-0.2, 0) is 16.1 Å². The van der Waals surface area contributed by atoms with Crippen molar-refractivity contribution >= 4 is 34.4 Å². The molecular formula is C24H25N5O4. The Labute approximate surface area is 190 Å². The molecule has 1 aliphatic heterocycles. The lowest BCUT2D eigenvalue weighted by Gasteiger charge is -2.24. The Kier molecular flexibility index (Phi) is 5.95. The minimum absolute atomic E-state index is 0.101. The van der Waals surface area contributed by atoms with Gasteiger partial charge in [0.05, 0.1) is 10.9 Å². The van der Waals surface area contributed by atoms with Crippen LogP contribution in [0.1, 0.15) is 41.4 Å². The lowest BCUT2D eigenvalue weighted by molar-refractivity contribution is -0.135. The average Bonchev–Trinajstić information content (AvgIpc) is 2.76. The molecule has 1 aromatic heterocycles. The van der Waals surface area contributed by atoms with E-state index in [1.54, 1.807) is 25.1 Å². The smallest absolute Gasteiger partial charge is 0.319 e. The average molecular weight is 447 g/mol. The van der Waals surface area contributed by atoms with Gasteiger partial charge in [-0.3, -0.25) is 24.3 Å². The lowest BCUT2D eigenvalue weighted by Crippen LogP contribution is -2.45. The van der Waals surface area contributed by atoms with Crippen LogP contribution in [0.5, 0.6) is 0 Å². The summed E-state index contributed by atoms with van der Waals surface area (Å²) in [6.45, 7) is 5.73. The number of aromatic nitrogens is 2. The van der Waals surface area contributed by atoms with Crippen LogP contribution in [0, 0.1) is 20.8 Å². The number of nitrogens with zero attached hydrogens (tertiary/aromatic N) is 2. The molecule has 3 N–H and O–H groups in total. The van der Waals surface area contributed by atoms with Crippen LogP contribution < -0.4 is 21.5 Å². The Bertz CT molecular complexity index is 1340. The van der Waals surface area contributed by atoms with Crippen molar-refractivity contribution in [1.82, 2.24) is 20.2 Å². The summed E-state index contributed by atoms with van der Waals surface area (Å²) in [6, 6.07) is 9.66. The maximum atomic E-state index is 13.4. The summed E-state index contributed by atoms with van der Waals surface area (Å²) >= 11 is 0. The van der Waals surface area contributed by atoms with Crippen molar-refractivity contribution in [3.63, 3.8) is 0 Å². The van der Waals surface area contributed by atoms with E-state index < -0.39 is 18.0 Å². The van der Waals surface area contributed by atoms with Gasteiger partial charge in [0, 0.05) is 18.7 Å². The second-order valence-electron chi connectivity index (χ2n) is 8.22. The molecule has 0 bridgehead atoms. The van der Waals surface area contributed by atoms with Crippen molar-refractivity contribution in [2.24, 2.45) is 0 Å². The Hall–Kier alpha value is -4.01. The van der Waals surface area contributed by atoms with Crippen molar-refractivity contribution in [2.45, 2.75) is 46.2 Å². The molecule has 33 heavy (non-hydrogen) atoms. The molecule has 1 fully saturated rings. The number of fused-ring (bicyclic) bond motifs is 1. The van der Waals surface area contributed by atoms with Crippen LogP contribution >= 0.6 is 0 Å². The Balaban J connectivity index is 1.61. The van der Waals surface area contributed by atoms with E-state index in [1.165, 1.54) is 4.57 Å². The number of anilines is 1. The number of piperidine rings is 1. The molecule has 9 nitrogen and oxygen atoms in total. The zero-order chi connectivity index (χ0) is 23.7. The molecule has 2 aromatic carbocycles. The topological polar surface area (TPSA) is 122 Å². The van der Waals surface area contributed by atoms with Gasteiger partial charge in [-0.2, -0.15) is 0 Å². The maximum absolute atomic E-state index is 13.4. The van der Waals surface area contributed by atoms with Crippen LogP contribution in [0.3, 0.4) is 0 Å². The summed E-state index contributed by atoms with van der Waals surface area (Å²) in [5.41, 5.74) is 3.56. The maximum Gasteiger partial charge on any atom is 0.319 e. The number of hydrogen-bond acceptors (Lipinski definition) is 5. The SMILES string of the molecule is Cc1ccc(NC(=O)NCc2cccc3nc(C)n(C4CCC(=O)NC4=O)c(=O)c23)cc1C. The third-order valence-electron chi connectivity index (χ3n) is 5.92. The molecule has 4 amide bonds. The molecule has 1 atom stereocenters. The summed E-state index contributed by atoms with van der Waals surface area (Å²) in [5, 5.41) is 8.19. The summed E-state index contributed by atoms with van der Waals surface area (Å²) in [4.78, 5) is 54.3. The second-order valence-corrected chi connectivity index (χ2v) is 8.22. The van der Waals surface area contributed by atoms with Crippen LogP contribution in [0.15, 0.2) is 41.2 Å². The number of benzene rings is 2. The van der Waals surface area contributed by atoms with E-state index in [-0.39, 0.29) is 30.9 Å². The number of urea groups is 1. The van der Waals surface area contributed by atoms with Gasteiger partial charge >= 0.3 is 6.03 Å². The summed E-state index contributed by atoms with van der Waals surface area (Å²) in [7, 11) is 0. The molecule has 3 aromatic rings. The molecule has 2 heterocycles. The highest BCUT2D eigenvalue weighted by atomic mass is 16.2. The van der Waals surface area contributed by atoms with E-state index in [4.69, 9.17) is 0 Å². The monoisotopic (exact) mass is 447 g/mol. The summed E-state index contributed by atoms with van der Waals surface area (Å²) in [6.07, 6.45) is 0.388. The molecule has 0 aliphatic carbocycles. The number of nitrogens with one attached hydrogen (secondary N) is 3. The molecule has 0 radical (unpaired) electrons. The predicted molar refractivity (Wildman–Crippen MR) is 124 cm³/mol. The third-order valence-corrected chi connectivity index (χ3v) is 5.92. The zero-order valence-corrected chi connectivity index (χ0v) is 18.7. The van der Waals surface area contributed by atoms with Crippen molar-refractivity contribution in [3.05, 3.63) is 69.3 Å². The Morgan fingerprint density at radius 2 is 1.91 bits per heavy atom. The second kappa shape index (κ2) is 8.85. The van der Waals surface area contributed by atoms with Crippen molar-refractivity contribution in [1.29, 1.82) is 0 Å². The van der Waals surface area contributed by atoms with Gasteiger partial charge < -0.3 is 10.6 Å². The standard InChI is InChI=1S/C24H25N5O4/c1-13-7-8-17(11-14(13)2)27-24(33)25-12-16-5-4-6-18-21(16)23(32)29(15(3)26-18)19-9-10-20(30)28-22(19)31/h4-8,11,19H,9-10,12H2,1-3H3,(H2,25,27,33)(H,28,30,31). The van der Waals surface area contributed by atoms with Crippen LogP contribution in [0.4, 0.5) is 10.5 Å². The van der Waals surface area contributed by atoms with E-state index >= 15 is 0 Å². The van der Waals surface area contributed by atoms with E-state index in [0.717, 1.165) is 11.1 Å². The largest absolute Gasteiger partial charge is 0.334 e. The van der Waals surface area contributed by atoms with Crippen molar-refractivity contribution in [2.75, 3.05) is 5.32 Å². The first-order valence-corrected chi connectivity index (χ1v) is 10.7. The molecule has 1 aliphatic rings. The quantitative estimate of drug-likeness (QED) is 0.531. The molecule has 170 valence electrons. The van der Waals surface area contributed by atoms with Crippen LogP contribution in [0.2, 0.25) is 0 Å². The van der Waals surface area contributed by atoms with Crippen molar-refractivity contribution < 1.29 is 14.4 Å². The molecule has 0 saturated carbocycles. The minimum atomic E-state index is -0.804. The van der Waals surface area contributed by atoms with Gasteiger partial charge in [-0.25, -0.2) is 9.78 Å². The first-order valence-electron chi connectivity index (χ1n) is 10.7. The molecule has 9 heteroatoms. The first kappa shape index (κ1) is 22.2. The lowest BCUT2D eigenvalue weighted by atomic mass is 10.0. The number of carbonyl (C=O) groups excluding carboxylic acids is 3. The highest BCUT2D eigenvalue weighted by molar-refractivity contribution is 5.99. The number of carbonyl (C=O) groups is 3. The highest BCUT2D eigenvalue weighted by Crippen LogP contribution is 2.21. The van der Waals surface area contributed by atoms with Gasteiger partial charge in [0.2, 0.25) is 11.8 Å². The van der Waals surface area contributed by atoms with E-state index in [9.17, 15) is 19.2 Å². The fraction of sp³-hybridized carbons (Fsp3) is 0.292. The zero-order valence-electron chi connectivity index (χ0n) is 18.7. The van der Waals surface area contributed by atoms with Gasteiger partial charge in [-0.15, -0.1) is 0 Å². The van der Waals surface area contributed by atoms with Gasteiger partial charge in [0.1, 0.15) is 11.9 Å². The number of amides is 4. The van der Waals surface area contributed by atoms with E-state index in [0.29, 0.717) is 28.0 Å². The van der Waals surface area contributed by atoms with E-state index in [2.05, 4.69) is 20.9 Å². The first-order chi connectivity index (χ1) is 15.7.